The highest BCUT2D eigenvalue weighted by atomic mass is 15.3. The topological polar surface area (TPSA) is 32.5 Å². The van der Waals surface area contributed by atoms with Crippen molar-refractivity contribution in [2.24, 2.45) is 11.7 Å². The van der Waals surface area contributed by atoms with E-state index in [-0.39, 0.29) is 5.54 Å². The molecule has 2 N–H and O–H groups in total. The van der Waals surface area contributed by atoms with Gasteiger partial charge in [0.25, 0.3) is 0 Å². The average molecular weight is 265 g/mol. The van der Waals surface area contributed by atoms with E-state index in [0.717, 1.165) is 18.5 Å². The highest BCUT2D eigenvalue weighted by Gasteiger charge is 2.38. The van der Waals surface area contributed by atoms with E-state index in [9.17, 15) is 0 Å². The minimum absolute atomic E-state index is 0.254. The molecule has 0 aromatic rings. The van der Waals surface area contributed by atoms with Crippen LogP contribution in [0.15, 0.2) is 0 Å². The summed E-state index contributed by atoms with van der Waals surface area (Å²) in [7, 11) is 0. The van der Waals surface area contributed by atoms with E-state index in [0.29, 0.717) is 0 Å². The van der Waals surface area contributed by atoms with Gasteiger partial charge in [-0.3, -0.25) is 9.80 Å². The summed E-state index contributed by atoms with van der Waals surface area (Å²) < 4.78 is 0. The Morgan fingerprint density at radius 2 is 1.84 bits per heavy atom. The maximum atomic E-state index is 6.20. The first-order valence-electron chi connectivity index (χ1n) is 8.40. The molecule has 0 bridgehead atoms. The molecule has 2 unspecified atom stereocenters. The standard InChI is InChI=1S/C16H31N3/c1-16(13-17,11-14-5-2-6-14)19-10-4-9-18-8-3-7-15(18)12-19/h14-15H,2-13,17H2,1H3. The first kappa shape index (κ1) is 13.8. The van der Waals surface area contributed by atoms with Crippen molar-refractivity contribution in [2.45, 2.75) is 63.5 Å². The highest BCUT2D eigenvalue weighted by molar-refractivity contribution is 4.95. The molecule has 1 aliphatic carbocycles. The van der Waals surface area contributed by atoms with E-state index in [1.54, 1.807) is 0 Å². The van der Waals surface area contributed by atoms with Gasteiger partial charge in [-0.05, 0) is 51.6 Å². The molecule has 2 heterocycles. The fraction of sp³-hybridized carbons (Fsp3) is 1.00. The number of nitrogens with two attached hydrogens (primary N) is 1. The summed E-state index contributed by atoms with van der Waals surface area (Å²) in [6, 6.07) is 0.815. The smallest absolute Gasteiger partial charge is 0.0306 e. The van der Waals surface area contributed by atoms with Gasteiger partial charge in [0.05, 0.1) is 0 Å². The van der Waals surface area contributed by atoms with Crippen LogP contribution in [0.3, 0.4) is 0 Å². The zero-order valence-electron chi connectivity index (χ0n) is 12.6. The summed E-state index contributed by atoms with van der Waals surface area (Å²) in [6.45, 7) is 8.42. The number of fused-ring (bicyclic) bond motifs is 1. The van der Waals surface area contributed by atoms with Crippen LogP contribution < -0.4 is 5.73 Å². The lowest BCUT2D eigenvalue weighted by Crippen LogP contribution is -2.55. The number of rotatable bonds is 4. The van der Waals surface area contributed by atoms with Crippen LogP contribution in [-0.4, -0.2) is 54.1 Å². The minimum Gasteiger partial charge on any atom is -0.329 e. The van der Waals surface area contributed by atoms with Crippen LogP contribution in [0, 0.1) is 5.92 Å². The van der Waals surface area contributed by atoms with Gasteiger partial charge in [0.1, 0.15) is 0 Å². The summed E-state index contributed by atoms with van der Waals surface area (Å²) in [6.07, 6.45) is 9.80. The van der Waals surface area contributed by atoms with Crippen molar-refractivity contribution in [1.82, 2.24) is 9.80 Å². The first-order valence-corrected chi connectivity index (χ1v) is 8.40. The van der Waals surface area contributed by atoms with Crippen molar-refractivity contribution in [3.05, 3.63) is 0 Å². The second-order valence-corrected chi connectivity index (χ2v) is 7.33. The third kappa shape index (κ3) is 2.84. The van der Waals surface area contributed by atoms with Crippen molar-refractivity contribution < 1.29 is 0 Å². The van der Waals surface area contributed by atoms with Crippen LogP contribution in [0.1, 0.15) is 51.9 Å². The Hall–Kier alpha value is -0.120. The van der Waals surface area contributed by atoms with Crippen molar-refractivity contribution >= 4 is 0 Å². The fourth-order valence-corrected chi connectivity index (χ4v) is 4.36. The molecule has 0 amide bonds. The lowest BCUT2D eigenvalue weighted by molar-refractivity contribution is 0.0615. The Kier molecular flexibility index (Phi) is 4.16. The number of hydrogen-bond acceptors (Lipinski definition) is 3. The van der Waals surface area contributed by atoms with E-state index in [1.807, 2.05) is 0 Å². The van der Waals surface area contributed by atoms with Crippen molar-refractivity contribution in [2.75, 3.05) is 32.7 Å². The molecule has 3 aliphatic rings. The molecule has 0 spiro atoms. The molecular formula is C16H31N3. The monoisotopic (exact) mass is 265 g/mol. The molecule has 110 valence electrons. The third-order valence-corrected chi connectivity index (χ3v) is 5.96. The molecule has 3 heteroatoms. The summed E-state index contributed by atoms with van der Waals surface area (Å²) in [4.78, 5) is 5.47. The molecule has 2 saturated heterocycles. The third-order valence-electron chi connectivity index (χ3n) is 5.96. The lowest BCUT2D eigenvalue weighted by atomic mass is 9.75. The van der Waals surface area contributed by atoms with Crippen LogP contribution in [0.2, 0.25) is 0 Å². The Morgan fingerprint density at radius 1 is 1.05 bits per heavy atom. The van der Waals surface area contributed by atoms with Crippen LogP contribution in [0.4, 0.5) is 0 Å². The van der Waals surface area contributed by atoms with Gasteiger partial charge >= 0.3 is 0 Å². The quantitative estimate of drug-likeness (QED) is 0.844. The molecule has 3 fully saturated rings. The molecule has 2 atom stereocenters. The van der Waals surface area contributed by atoms with Crippen LogP contribution in [0.25, 0.3) is 0 Å². The molecule has 0 aromatic heterocycles. The van der Waals surface area contributed by atoms with Gasteiger partial charge in [0.2, 0.25) is 0 Å². The second kappa shape index (κ2) is 5.71. The molecule has 2 aliphatic heterocycles. The molecule has 3 nitrogen and oxygen atoms in total. The fourth-order valence-electron chi connectivity index (χ4n) is 4.36. The van der Waals surface area contributed by atoms with Crippen molar-refractivity contribution in [3.63, 3.8) is 0 Å². The SMILES string of the molecule is CC(CN)(CC1CCC1)N1CCCN2CCCC2C1. The van der Waals surface area contributed by atoms with E-state index >= 15 is 0 Å². The van der Waals surface area contributed by atoms with Crippen LogP contribution in [-0.2, 0) is 0 Å². The predicted molar refractivity (Wildman–Crippen MR) is 80.2 cm³/mol. The Labute approximate surface area is 118 Å². The molecular weight excluding hydrogens is 234 g/mol. The Bertz CT molecular complexity index is 302. The van der Waals surface area contributed by atoms with E-state index < -0.39 is 0 Å². The zero-order chi connectivity index (χ0) is 13.3. The number of hydrogen-bond donors (Lipinski definition) is 1. The second-order valence-electron chi connectivity index (χ2n) is 7.33. The van der Waals surface area contributed by atoms with Gasteiger partial charge < -0.3 is 5.73 Å². The predicted octanol–water partition coefficient (Wildman–Crippen LogP) is 2.06. The van der Waals surface area contributed by atoms with Gasteiger partial charge in [-0.25, -0.2) is 0 Å². The van der Waals surface area contributed by atoms with Gasteiger partial charge in [0.15, 0.2) is 0 Å². The molecule has 3 rings (SSSR count). The van der Waals surface area contributed by atoms with Crippen molar-refractivity contribution in [3.8, 4) is 0 Å². The van der Waals surface area contributed by atoms with E-state index in [1.165, 1.54) is 71.1 Å². The molecule has 0 radical (unpaired) electrons. The number of nitrogens with zero attached hydrogens (tertiary/aromatic N) is 2. The summed E-state index contributed by atoms with van der Waals surface area (Å²) in [5.74, 6) is 0.955. The van der Waals surface area contributed by atoms with E-state index in [4.69, 9.17) is 5.73 Å². The molecule has 1 saturated carbocycles. The van der Waals surface area contributed by atoms with Gasteiger partial charge in [-0.2, -0.15) is 0 Å². The van der Waals surface area contributed by atoms with Gasteiger partial charge in [0, 0.05) is 31.2 Å². The minimum atomic E-state index is 0.254. The van der Waals surface area contributed by atoms with Gasteiger partial charge in [-0.1, -0.05) is 19.3 Å². The van der Waals surface area contributed by atoms with Gasteiger partial charge in [-0.15, -0.1) is 0 Å². The first-order chi connectivity index (χ1) is 9.21. The summed E-state index contributed by atoms with van der Waals surface area (Å²) in [5, 5.41) is 0. The lowest BCUT2D eigenvalue weighted by Gasteiger charge is -2.45. The van der Waals surface area contributed by atoms with Crippen LogP contribution in [0.5, 0.6) is 0 Å². The molecule has 0 aromatic carbocycles. The largest absolute Gasteiger partial charge is 0.329 e. The maximum absolute atomic E-state index is 6.20. The average Bonchev–Trinajstić information content (AvgIpc) is 2.71. The van der Waals surface area contributed by atoms with Crippen molar-refractivity contribution in [1.29, 1.82) is 0 Å². The highest BCUT2D eigenvalue weighted by Crippen LogP contribution is 2.37. The Balaban J connectivity index is 1.66. The Morgan fingerprint density at radius 3 is 2.53 bits per heavy atom. The molecule has 19 heavy (non-hydrogen) atoms. The van der Waals surface area contributed by atoms with E-state index in [2.05, 4.69) is 16.7 Å². The van der Waals surface area contributed by atoms with Crippen LogP contribution >= 0.6 is 0 Å². The summed E-state index contributed by atoms with van der Waals surface area (Å²) in [5.41, 5.74) is 6.45. The summed E-state index contributed by atoms with van der Waals surface area (Å²) >= 11 is 0. The zero-order valence-corrected chi connectivity index (χ0v) is 12.6. The maximum Gasteiger partial charge on any atom is 0.0306 e. The normalized spacial score (nSPS) is 33.5.